The van der Waals surface area contributed by atoms with Crippen LogP contribution in [0.5, 0.6) is 0 Å². The number of carbonyl (C=O) groups is 2. The Morgan fingerprint density at radius 1 is 1.41 bits per heavy atom. The summed E-state index contributed by atoms with van der Waals surface area (Å²) in [5.74, 6) is -0.657. The van der Waals surface area contributed by atoms with Crippen molar-refractivity contribution in [1.29, 1.82) is 0 Å². The van der Waals surface area contributed by atoms with E-state index >= 15 is 0 Å². The Hall–Kier alpha value is -1.36. The zero-order valence-corrected chi connectivity index (χ0v) is 11.6. The number of benzene rings is 1. The molecule has 0 saturated carbocycles. The summed E-state index contributed by atoms with van der Waals surface area (Å²) in [4.78, 5) is 24.5. The van der Waals surface area contributed by atoms with Gasteiger partial charge < -0.3 is 9.64 Å². The minimum Gasteiger partial charge on any atom is -0.468 e. The van der Waals surface area contributed by atoms with Gasteiger partial charge in [0.2, 0.25) is 0 Å². The average molecular weight is 300 g/mol. The maximum atomic E-state index is 12.1. The SMILES string of the molecule is COC(=O)CN(C)C(=O)c1cc(C)ccc1Br. The molecule has 0 atom stereocenters. The average Bonchev–Trinajstić information content (AvgIpc) is 2.31. The van der Waals surface area contributed by atoms with Gasteiger partial charge in [0.15, 0.2) is 0 Å². The third-order valence-corrected chi connectivity index (χ3v) is 2.98. The van der Waals surface area contributed by atoms with E-state index in [9.17, 15) is 9.59 Å². The highest BCUT2D eigenvalue weighted by molar-refractivity contribution is 9.10. The highest BCUT2D eigenvalue weighted by atomic mass is 79.9. The van der Waals surface area contributed by atoms with Crippen LogP contribution in [0.2, 0.25) is 0 Å². The van der Waals surface area contributed by atoms with Crippen LogP contribution in [0.15, 0.2) is 22.7 Å². The smallest absolute Gasteiger partial charge is 0.325 e. The number of hydrogen-bond donors (Lipinski definition) is 0. The maximum Gasteiger partial charge on any atom is 0.325 e. The Balaban J connectivity index is 2.88. The molecule has 0 bridgehead atoms. The highest BCUT2D eigenvalue weighted by Gasteiger charge is 2.17. The Labute approximate surface area is 109 Å². The molecule has 1 amide bonds. The molecule has 0 aliphatic carbocycles. The minimum atomic E-state index is -0.440. The van der Waals surface area contributed by atoms with Crippen LogP contribution < -0.4 is 0 Å². The lowest BCUT2D eigenvalue weighted by Gasteiger charge is -2.16. The lowest BCUT2D eigenvalue weighted by molar-refractivity contribution is -0.141. The molecule has 0 saturated heterocycles. The number of amides is 1. The summed E-state index contributed by atoms with van der Waals surface area (Å²) in [6.45, 7) is 1.85. The second kappa shape index (κ2) is 5.82. The summed E-state index contributed by atoms with van der Waals surface area (Å²) in [5.41, 5.74) is 1.53. The van der Waals surface area contributed by atoms with Crippen LogP contribution in [0.1, 0.15) is 15.9 Å². The Morgan fingerprint density at radius 2 is 2.06 bits per heavy atom. The van der Waals surface area contributed by atoms with E-state index in [0.717, 1.165) is 5.56 Å². The monoisotopic (exact) mass is 299 g/mol. The maximum absolute atomic E-state index is 12.1. The van der Waals surface area contributed by atoms with E-state index in [1.54, 1.807) is 13.1 Å². The number of likely N-dealkylation sites (N-methyl/N-ethyl adjacent to an activating group) is 1. The van der Waals surface area contributed by atoms with Gasteiger partial charge in [0, 0.05) is 11.5 Å². The fraction of sp³-hybridized carbons (Fsp3) is 0.333. The van der Waals surface area contributed by atoms with Crippen molar-refractivity contribution in [3.63, 3.8) is 0 Å². The number of aryl methyl sites for hydroxylation is 1. The molecule has 0 unspecified atom stereocenters. The van der Waals surface area contributed by atoms with E-state index in [1.807, 2.05) is 19.1 Å². The Morgan fingerprint density at radius 3 is 2.65 bits per heavy atom. The summed E-state index contributed by atoms with van der Waals surface area (Å²) in [7, 11) is 2.86. The summed E-state index contributed by atoms with van der Waals surface area (Å²) >= 11 is 3.32. The quantitative estimate of drug-likeness (QED) is 0.802. The lowest BCUT2D eigenvalue weighted by atomic mass is 10.1. The molecule has 5 heteroatoms. The van der Waals surface area contributed by atoms with E-state index in [2.05, 4.69) is 20.7 Å². The first kappa shape index (κ1) is 13.7. The molecule has 17 heavy (non-hydrogen) atoms. The first-order valence-electron chi connectivity index (χ1n) is 5.04. The van der Waals surface area contributed by atoms with Crippen LogP contribution in [0.25, 0.3) is 0 Å². The van der Waals surface area contributed by atoms with Crippen LogP contribution in [0, 0.1) is 6.92 Å². The molecule has 0 radical (unpaired) electrons. The number of esters is 1. The summed E-state index contributed by atoms with van der Waals surface area (Å²) in [6.07, 6.45) is 0. The number of ether oxygens (including phenoxy) is 1. The van der Waals surface area contributed by atoms with Crippen molar-refractivity contribution in [2.45, 2.75) is 6.92 Å². The third kappa shape index (κ3) is 3.56. The molecular weight excluding hydrogens is 286 g/mol. The molecule has 0 aromatic heterocycles. The molecule has 0 aliphatic heterocycles. The second-order valence-electron chi connectivity index (χ2n) is 3.72. The van der Waals surface area contributed by atoms with Crippen molar-refractivity contribution in [3.05, 3.63) is 33.8 Å². The molecule has 0 aliphatic rings. The van der Waals surface area contributed by atoms with Crippen molar-refractivity contribution < 1.29 is 14.3 Å². The fourth-order valence-corrected chi connectivity index (χ4v) is 1.75. The number of hydrogen-bond acceptors (Lipinski definition) is 3. The van der Waals surface area contributed by atoms with Gasteiger partial charge in [0.25, 0.3) is 5.91 Å². The van der Waals surface area contributed by atoms with Gasteiger partial charge in [-0.3, -0.25) is 9.59 Å². The van der Waals surface area contributed by atoms with Gasteiger partial charge in [-0.05, 0) is 35.0 Å². The molecule has 0 N–H and O–H groups in total. The van der Waals surface area contributed by atoms with E-state index in [4.69, 9.17) is 0 Å². The standard InChI is InChI=1S/C12H14BrNO3/c1-8-4-5-10(13)9(6-8)12(16)14(2)7-11(15)17-3/h4-6H,7H2,1-3H3. The Bertz CT molecular complexity index is 445. The van der Waals surface area contributed by atoms with Gasteiger partial charge in [0.1, 0.15) is 6.54 Å². The van der Waals surface area contributed by atoms with Crippen molar-refractivity contribution in [1.82, 2.24) is 4.90 Å². The van der Waals surface area contributed by atoms with E-state index in [0.29, 0.717) is 10.0 Å². The van der Waals surface area contributed by atoms with Crippen molar-refractivity contribution >= 4 is 27.8 Å². The van der Waals surface area contributed by atoms with E-state index < -0.39 is 5.97 Å². The summed E-state index contributed by atoms with van der Waals surface area (Å²) in [5, 5.41) is 0. The highest BCUT2D eigenvalue weighted by Crippen LogP contribution is 2.19. The van der Waals surface area contributed by atoms with Crippen LogP contribution in [-0.2, 0) is 9.53 Å². The molecule has 0 heterocycles. The predicted molar refractivity (Wildman–Crippen MR) is 67.9 cm³/mol. The van der Waals surface area contributed by atoms with Crippen LogP contribution in [0.3, 0.4) is 0 Å². The molecule has 1 aromatic carbocycles. The van der Waals surface area contributed by atoms with Crippen molar-refractivity contribution in [3.8, 4) is 0 Å². The predicted octanol–water partition coefficient (Wildman–Crippen LogP) is 2.00. The number of halogens is 1. The normalized spacial score (nSPS) is 9.88. The zero-order chi connectivity index (χ0) is 13.0. The topological polar surface area (TPSA) is 46.6 Å². The van der Waals surface area contributed by atoms with Crippen molar-refractivity contribution in [2.24, 2.45) is 0 Å². The fourth-order valence-electron chi connectivity index (χ4n) is 1.34. The largest absolute Gasteiger partial charge is 0.468 e. The van der Waals surface area contributed by atoms with Gasteiger partial charge in [0.05, 0.1) is 12.7 Å². The first-order valence-corrected chi connectivity index (χ1v) is 5.83. The van der Waals surface area contributed by atoms with Crippen LogP contribution >= 0.6 is 15.9 Å². The van der Waals surface area contributed by atoms with Crippen LogP contribution in [0.4, 0.5) is 0 Å². The van der Waals surface area contributed by atoms with E-state index in [-0.39, 0.29) is 12.5 Å². The molecule has 1 aromatic rings. The van der Waals surface area contributed by atoms with Gasteiger partial charge in [-0.2, -0.15) is 0 Å². The number of rotatable bonds is 3. The van der Waals surface area contributed by atoms with Gasteiger partial charge >= 0.3 is 5.97 Å². The molecule has 0 fully saturated rings. The molecular formula is C12H14BrNO3. The van der Waals surface area contributed by atoms with E-state index in [1.165, 1.54) is 12.0 Å². The van der Waals surface area contributed by atoms with Gasteiger partial charge in [-0.25, -0.2) is 0 Å². The van der Waals surface area contributed by atoms with Crippen molar-refractivity contribution in [2.75, 3.05) is 20.7 Å². The molecule has 1 rings (SSSR count). The number of carbonyl (C=O) groups excluding carboxylic acids is 2. The summed E-state index contributed by atoms with van der Waals surface area (Å²) in [6, 6.07) is 5.50. The molecule has 4 nitrogen and oxygen atoms in total. The lowest BCUT2D eigenvalue weighted by Crippen LogP contribution is -2.32. The Kier molecular flexibility index (Phi) is 4.69. The number of methoxy groups -OCH3 is 1. The zero-order valence-electron chi connectivity index (χ0n) is 9.99. The molecule has 92 valence electrons. The van der Waals surface area contributed by atoms with Gasteiger partial charge in [-0.15, -0.1) is 0 Å². The van der Waals surface area contributed by atoms with Gasteiger partial charge in [-0.1, -0.05) is 11.6 Å². The second-order valence-corrected chi connectivity index (χ2v) is 4.57. The third-order valence-electron chi connectivity index (χ3n) is 2.29. The number of nitrogens with zero attached hydrogens (tertiary/aromatic N) is 1. The van der Waals surface area contributed by atoms with Crippen LogP contribution in [-0.4, -0.2) is 37.5 Å². The minimum absolute atomic E-state index is 0.0598. The first-order chi connectivity index (χ1) is 7.95. The molecule has 0 spiro atoms. The summed E-state index contributed by atoms with van der Waals surface area (Å²) < 4.78 is 5.23.